The standard InChI is InChI=1S/C19H20BrN3/c1-14-7-8-16(20)11-15(14)12-23-13-22-10-4-9-21-19(22)17-5-2-3-6-18(17)23/h2-3,5-8,11H,4,9-10,12-13H2,1H3. The second-order valence-corrected chi connectivity index (χ2v) is 7.17. The Bertz CT molecular complexity index is 769. The minimum absolute atomic E-state index is 0.918. The molecule has 2 aromatic carbocycles. The Morgan fingerprint density at radius 1 is 1.17 bits per heavy atom. The van der Waals surface area contributed by atoms with E-state index in [1.54, 1.807) is 0 Å². The quantitative estimate of drug-likeness (QED) is 0.790. The van der Waals surface area contributed by atoms with E-state index in [9.17, 15) is 0 Å². The van der Waals surface area contributed by atoms with Crippen molar-refractivity contribution < 1.29 is 0 Å². The van der Waals surface area contributed by atoms with Crippen molar-refractivity contribution in [2.24, 2.45) is 4.99 Å². The predicted octanol–water partition coefficient (Wildman–Crippen LogP) is 4.19. The molecule has 4 rings (SSSR count). The van der Waals surface area contributed by atoms with Crippen LogP contribution in [-0.2, 0) is 6.54 Å². The number of aliphatic imine (C=N–C) groups is 1. The molecule has 2 aliphatic heterocycles. The third kappa shape index (κ3) is 2.76. The summed E-state index contributed by atoms with van der Waals surface area (Å²) in [6, 6.07) is 15.2. The van der Waals surface area contributed by atoms with Gasteiger partial charge in [0.25, 0.3) is 0 Å². The van der Waals surface area contributed by atoms with Gasteiger partial charge in [0.15, 0.2) is 0 Å². The van der Waals surface area contributed by atoms with E-state index in [2.05, 4.69) is 75.1 Å². The van der Waals surface area contributed by atoms with Gasteiger partial charge in [0.05, 0.1) is 6.67 Å². The Hall–Kier alpha value is -1.81. The molecule has 2 heterocycles. The van der Waals surface area contributed by atoms with Crippen LogP contribution in [0, 0.1) is 6.92 Å². The fraction of sp³-hybridized carbons (Fsp3) is 0.316. The number of hydrogen-bond donors (Lipinski definition) is 0. The van der Waals surface area contributed by atoms with Gasteiger partial charge < -0.3 is 9.80 Å². The Labute approximate surface area is 145 Å². The first-order chi connectivity index (χ1) is 11.2. The number of rotatable bonds is 2. The molecule has 0 radical (unpaired) electrons. The zero-order chi connectivity index (χ0) is 15.8. The average molecular weight is 370 g/mol. The van der Waals surface area contributed by atoms with Crippen molar-refractivity contribution in [1.82, 2.24) is 4.90 Å². The highest BCUT2D eigenvalue weighted by Crippen LogP contribution is 2.31. The molecule has 0 saturated heterocycles. The molecule has 23 heavy (non-hydrogen) atoms. The first-order valence-corrected chi connectivity index (χ1v) is 8.90. The van der Waals surface area contributed by atoms with Crippen molar-refractivity contribution in [3.05, 3.63) is 63.6 Å². The van der Waals surface area contributed by atoms with E-state index in [0.717, 1.165) is 37.2 Å². The lowest BCUT2D eigenvalue weighted by molar-refractivity contribution is 0.380. The topological polar surface area (TPSA) is 18.8 Å². The first kappa shape index (κ1) is 14.8. The maximum Gasteiger partial charge on any atom is 0.134 e. The fourth-order valence-electron chi connectivity index (χ4n) is 3.42. The van der Waals surface area contributed by atoms with Crippen molar-refractivity contribution in [2.45, 2.75) is 19.9 Å². The van der Waals surface area contributed by atoms with Crippen molar-refractivity contribution in [3.8, 4) is 0 Å². The van der Waals surface area contributed by atoms with Crippen LogP contribution in [0.15, 0.2) is 51.9 Å². The normalized spacial score (nSPS) is 16.7. The van der Waals surface area contributed by atoms with Gasteiger partial charge in [0.2, 0.25) is 0 Å². The van der Waals surface area contributed by atoms with Gasteiger partial charge in [-0.25, -0.2) is 0 Å². The van der Waals surface area contributed by atoms with Crippen LogP contribution in [0.25, 0.3) is 0 Å². The van der Waals surface area contributed by atoms with Crippen molar-refractivity contribution in [2.75, 3.05) is 24.7 Å². The van der Waals surface area contributed by atoms with Gasteiger partial charge in [-0.15, -0.1) is 0 Å². The minimum Gasteiger partial charge on any atom is -0.349 e. The van der Waals surface area contributed by atoms with Crippen LogP contribution in [0.4, 0.5) is 5.69 Å². The van der Waals surface area contributed by atoms with Gasteiger partial charge in [-0.3, -0.25) is 4.99 Å². The molecular weight excluding hydrogens is 350 g/mol. The average Bonchev–Trinajstić information content (AvgIpc) is 2.58. The van der Waals surface area contributed by atoms with Crippen LogP contribution in [0.2, 0.25) is 0 Å². The number of amidine groups is 1. The summed E-state index contributed by atoms with van der Waals surface area (Å²) in [7, 11) is 0. The maximum absolute atomic E-state index is 4.77. The highest BCUT2D eigenvalue weighted by atomic mass is 79.9. The third-order valence-corrected chi connectivity index (χ3v) is 5.14. The number of nitrogens with zero attached hydrogens (tertiary/aromatic N) is 3. The molecule has 0 spiro atoms. The van der Waals surface area contributed by atoms with E-state index in [1.807, 2.05) is 0 Å². The second-order valence-electron chi connectivity index (χ2n) is 6.25. The van der Waals surface area contributed by atoms with Crippen molar-refractivity contribution in [1.29, 1.82) is 0 Å². The van der Waals surface area contributed by atoms with Gasteiger partial charge >= 0.3 is 0 Å². The summed E-state index contributed by atoms with van der Waals surface area (Å²) in [5.41, 5.74) is 5.27. The lowest BCUT2D eigenvalue weighted by Crippen LogP contribution is -2.48. The number of anilines is 1. The number of hydrogen-bond acceptors (Lipinski definition) is 3. The molecule has 0 fully saturated rings. The highest BCUT2D eigenvalue weighted by Gasteiger charge is 2.28. The molecular formula is C19H20BrN3. The van der Waals surface area contributed by atoms with E-state index >= 15 is 0 Å². The molecule has 0 unspecified atom stereocenters. The Morgan fingerprint density at radius 3 is 2.96 bits per heavy atom. The van der Waals surface area contributed by atoms with E-state index in [-0.39, 0.29) is 0 Å². The summed E-state index contributed by atoms with van der Waals surface area (Å²) in [5, 5.41) is 0. The van der Waals surface area contributed by atoms with Gasteiger partial charge in [-0.05, 0) is 48.7 Å². The number of fused-ring (bicyclic) bond motifs is 3. The van der Waals surface area contributed by atoms with E-state index in [4.69, 9.17) is 4.99 Å². The summed E-state index contributed by atoms with van der Waals surface area (Å²) < 4.78 is 1.14. The Balaban J connectivity index is 1.73. The zero-order valence-electron chi connectivity index (χ0n) is 13.3. The van der Waals surface area contributed by atoms with Crippen LogP contribution in [0.3, 0.4) is 0 Å². The first-order valence-electron chi connectivity index (χ1n) is 8.11. The van der Waals surface area contributed by atoms with Crippen LogP contribution in [0.5, 0.6) is 0 Å². The molecule has 4 heteroatoms. The SMILES string of the molecule is Cc1ccc(Br)cc1CN1CN2CCCN=C2c2ccccc21. The van der Waals surface area contributed by atoms with E-state index < -0.39 is 0 Å². The zero-order valence-corrected chi connectivity index (χ0v) is 14.9. The largest absolute Gasteiger partial charge is 0.349 e. The van der Waals surface area contributed by atoms with Gasteiger partial charge in [-0.1, -0.05) is 34.1 Å². The smallest absolute Gasteiger partial charge is 0.134 e. The highest BCUT2D eigenvalue weighted by molar-refractivity contribution is 9.10. The predicted molar refractivity (Wildman–Crippen MR) is 99.1 cm³/mol. The molecule has 0 N–H and O–H groups in total. The summed E-state index contributed by atoms with van der Waals surface area (Å²) in [6.07, 6.45) is 1.15. The molecule has 2 aliphatic rings. The molecule has 0 aliphatic carbocycles. The van der Waals surface area contributed by atoms with Crippen molar-refractivity contribution in [3.63, 3.8) is 0 Å². The fourth-order valence-corrected chi connectivity index (χ4v) is 3.83. The molecule has 0 aromatic heterocycles. The third-order valence-electron chi connectivity index (χ3n) is 4.65. The maximum atomic E-state index is 4.77. The summed E-state index contributed by atoms with van der Waals surface area (Å²) in [4.78, 5) is 9.66. The van der Waals surface area contributed by atoms with E-state index in [0.29, 0.717) is 0 Å². The van der Waals surface area contributed by atoms with Crippen LogP contribution >= 0.6 is 15.9 Å². The molecule has 3 nitrogen and oxygen atoms in total. The lowest BCUT2D eigenvalue weighted by Gasteiger charge is -2.42. The molecule has 0 saturated carbocycles. The second kappa shape index (κ2) is 6.00. The Kier molecular flexibility index (Phi) is 3.85. The molecule has 0 atom stereocenters. The monoisotopic (exact) mass is 369 g/mol. The minimum atomic E-state index is 0.918. The van der Waals surface area contributed by atoms with Crippen LogP contribution < -0.4 is 4.90 Å². The van der Waals surface area contributed by atoms with Gasteiger partial charge in [0, 0.05) is 35.4 Å². The summed E-state index contributed by atoms with van der Waals surface area (Å²) in [6.45, 7) is 6.07. The van der Waals surface area contributed by atoms with Crippen LogP contribution in [-0.4, -0.2) is 30.5 Å². The number of aryl methyl sites for hydroxylation is 1. The van der Waals surface area contributed by atoms with Gasteiger partial charge in [0.1, 0.15) is 5.84 Å². The van der Waals surface area contributed by atoms with Crippen molar-refractivity contribution >= 4 is 27.5 Å². The van der Waals surface area contributed by atoms with Gasteiger partial charge in [-0.2, -0.15) is 0 Å². The molecule has 0 bridgehead atoms. The number of benzene rings is 2. The van der Waals surface area contributed by atoms with Crippen LogP contribution in [0.1, 0.15) is 23.1 Å². The summed E-state index contributed by atoms with van der Waals surface area (Å²) in [5.74, 6) is 1.18. The Morgan fingerprint density at radius 2 is 2.04 bits per heavy atom. The molecule has 2 aromatic rings. The number of halogens is 1. The lowest BCUT2D eigenvalue weighted by atomic mass is 10.0. The molecule has 0 amide bonds. The van der Waals surface area contributed by atoms with E-state index in [1.165, 1.54) is 28.2 Å². The number of para-hydroxylation sites is 1. The molecule has 118 valence electrons. The summed E-state index contributed by atoms with van der Waals surface area (Å²) >= 11 is 3.60.